The molecular formula is C18H12F2N4O2. The van der Waals surface area contributed by atoms with Gasteiger partial charge in [-0.2, -0.15) is 4.98 Å². The maximum absolute atomic E-state index is 13.3. The maximum Gasteiger partial charge on any atom is 0.247 e. The van der Waals surface area contributed by atoms with E-state index in [1.807, 2.05) is 31.2 Å². The van der Waals surface area contributed by atoms with Gasteiger partial charge in [0.05, 0.1) is 0 Å². The largest absolute Gasteiger partial charge is 0.420 e. The maximum atomic E-state index is 13.3. The quantitative estimate of drug-likeness (QED) is 0.552. The number of nitrogens with zero attached hydrogens (tertiary/aromatic N) is 4. The molecule has 0 bridgehead atoms. The molecule has 0 saturated carbocycles. The summed E-state index contributed by atoms with van der Waals surface area (Å²) in [6.45, 7) is 1.95. The summed E-state index contributed by atoms with van der Waals surface area (Å²) in [7, 11) is 0. The van der Waals surface area contributed by atoms with Crippen LogP contribution in [-0.2, 0) is 6.42 Å². The first-order chi connectivity index (χ1) is 12.6. The lowest BCUT2D eigenvalue weighted by Crippen LogP contribution is -1.89. The van der Waals surface area contributed by atoms with Gasteiger partial charge in [0.1, 0.15) is 18.1 Å². The topological polar surface area (TPSA) is 77.8 Å². The van der Waals surface area contributed by atoms with Gasteiger partial charge in [0, 0.05) is 17.2 Å². The molecule has 0 N–H and O–H groups in total. The number of halogens is 2. The first kappa shape index (κ1) is 16.1. The van der Waals surface area contributed by atoms with E-state index in [-0.39, 0.29) is 23.8 Å². The van der Waals surface area contributed by atoms with Crippen LogP contribution < -0.4 is 0 Å². The van der Waals surface area contributed by atoms with Crippen molar-refractivity contribution in [3.63, 3.8) is 0 Å². The predicted octanol–water partition coefficient (Wildman–Crippen LogP) is 3.96. The molecule has 0 aliphatic rings. The van der Waals surface area contributed by atoms with Crippen molar-refractivity contribution in [3.05, 3.63) is 71.4 Å². The van der Waals surface area contributed by atoms with Gasteiger partial charge in [-0.05, 0) is 24.6 Å². The van der Waals surface area contributed by atoms with Crippen LogP contribution in [0.15, 0.2) is 51.4 Å². The Labute approximate surface area is 146 Å². The van der Waals surface area contributed by atoms with E-state index in [0.717, 1.165) is 29.3 Å². The lowest BCUT2D eigenvalue weighted by Gasteiger charge is -1.97. The van der Waals surface area contributed by atoms with E-state index >= 15 is 0 Å². The minimum absolute atomic E-state index is 0.0112. The molecular weight excluding hydrogens is 342 g/mol. The predicted molar refractivity (Wildman–Crippen MR) is 86.9 cm³/mol. The molecule has 8 heteroatoms. The van der Waals surface area contributed by atoms with Crippen molar-refractivity contribution < 1.29 is 17.7 Å². The highest BCUT2D eigenvalue weighted by atomic mass is 19.1. The zero-order chi connectivity index (χ0) is 18.1. The third-order valence-electron chi connectivity index (χ3n) is 3.73. The van der Waals surface area contributed by atoms with Crippen molar-refractivity contribution in [1.29, 1.82) is 0 Å². The lowest BCUT2D eigenvalue weighted by molar-refractivity contribution is 0.374. The van der Waals surface area contributed by atoms with E-state index in [4.69, 9.17) is 8.94 Å². The molecule has 0 spiro atoms. The fourth-order valence-corrected chi connectivity index (χ4v) is 2.51. The molecule has 0 atom stereocenters. The summed E-state index contributed by atoms with van der Waals surface area (Å²) in [6, 6.07) is 10.7. The second-order valence-electron chi connectivity index (χ2n) is 5.66. The number of rotatable bonds is 4. The van der Waals surface area contributed by atoms with Crippen molar-refractivity contribution >= 4 is 0 Å². The molecule has 2 heterocycles. The first-order valence-electron chi connectivity index (χ1n) is 7.76. The number of hydrogen-bond donors (Lipinski definition) is 0. The van der Waals surface area contributed by atoms with Gasteiger partial charge in [-0.25, -0.2) is 8.78 Å². The molecule has 0 unspecified atom stereocenters. The Hall–Kier alpha value is -3.42. The number of benzene rings is 2. The van der Waals surface area contributed by atoms with Crippen LogP contribution >= 0.6 is 0 Å². The Morgan fingerprint density at radius 1 is 0.962 bits per heavy atom. The smallest absolute Gasteiger partial charge is 0.247 e. The highest BCUT2D eigenvalue weighted by molar-refractivity contribution is 5.59. The fraction of sp³-hybridized carbons (Fsp3) is 0.111. The fourth-order valence-electron chi connectivity index (χ4n) is 2.51. The monoisotopic (exact) mass is 354 g/mol. The minimum Gasteiger partial charge on any atom is -0.420 e. The molecule has 0 radical (unpaired) electrons. The molecule has 0 aliphatic carbocycles. The highest BCUT2D eigenvalue weighted by Crippen LogP contribution is 2.23. The van der Waals surface area contributed by atoms with Gasteiger partial charge in [-0.15, -0.1) is 10.2 Å². The minimum atomic E-state index is -0.723. The van der Waals surface area contributed by atoms with Crippen LogP contribution in [0.5, 0.6) is 0 Å². The van der Waals surface area contributed by atoms with Gasteiger partial charge >= 0.3 is 0 Å². The van der Waals surface area contributed by atoms with Crippen molar-refractivity contribution in [2.75, 3.05) is 0 Å². The molecule has 0 saturated heterocycles. The van der Waals surface area contributed by atoms with Gasteiger partial charge in [-0.3, -0.25) is 0 Å². The zero-order valence-electron chi connectivity index (χ0n) is 13.6. The Morgan fingerprint density at radius 2 is 1.73 bits per heavy atom. The SMILES string of the molecule is Cc1ccccc1-c1noc(Cc2nnc(-c3cc(F)cc(F)c3)o2)n1. The first-order valence-corrected chi connectivity index (χ1v) is 7.76. The molecule has 0 fully saturated rings. The summed E-state index contributed by atoms with van der Waals surface area (Å²) in [4.78, 5) is 4.32. The summed E-state index contributed by atoms with van der Waals surface area (Å²) in [5.41, 5.74) is 2.05. The second-order valence-corrected chi connectivity index (χ2v) is 5.66. The van der Waals surface area contributed by atoms with Crippen molar-refractivity contribution in [2.24, 2.45) is 0 Å². The zero-order valence-corrected chi connectivity index (χ0v) is 13.6. The van der Waals surface area contributed by atoms with E-state index in [1.165, 1.54) is 0 Å². The van der Waals surface area contributed by atoms with Crippen LogP contribution in [0, 0.1) is 18.6 Å². The molecule has 26 heavy (non-hydrogen) atoms. The van der Waals surface area contributed by atoms with Crippen LogP contribution in [0.4, 0.5) is 8.78 Å². The van der Waals surface area contributed by atoms with Crippen molar-refractivity contribution in [2.45, 2.75) is 13.3 Å². The summed E-state index contributed by atoms with van der Waals surface area (Å²) in [5, 5.41) is 11.6. The van der Waals surface area contributed by atoms with E-state index in [9.17, 15) is 8.78 Å². The molecule has 4 aromatic rings. The van der Waals surface area contributed by atoms with Gasteiger partial charge in [-0.1, -0.05) is 29.4 Å². The summed E-state index contributed by atoms with van der Waals surface area (Å²) in [5.74, 6) is -0.477. The molecule has 2 aromatic heterocycles. The van der Waals surface area contributed by atoms with Crippen LogP contribution in [-0.4, -0.2) is 20.3 Å². The van der Waals surface area contributed by atoms with Gasteiger partial charge < -0.3 is 8.94 Å². The average molecular weight is 354 g/mol. The molecule has 0 amide bonds. The summed E-state index contributed by atoms with van der Waals surface area (Å²) in [6.07, 6.45) is 0.115. The molecule has 2 aromatic carbocycles. The van der Waals surface area contributed by atoms with Crippen LogP contribution in [0.1, 0.15) is 17.3 Å². The van der Waals surface area contributed by atoms with Crippen molar-refractivity contribution in [1.82, 2.24) is 20.3 Å². The van der Waals surface area contributed by atoms with E-state index < -0.39 is 11.6 Å². The Morgan fingerprint density at radius 3 is 2.50 bits per heavy atom. The average Bonchev–Trinajstić information content (AvgIpc) is 3.24. The third kappa shape index (κ3) is 3.21. The lowest BCUT2D eigenvalue weighted by atomic mass is 10.1. The Balaban J connectivity index is 1.56. The van der Waals surface area contributed by atoms with Gasteiger partial charge in [0.2, 0.25) is 23.5 Å². The number of aryl methyl sites for hydroxylation is 1. The molecule has 6 nitrogen and oxygen atoms in total. The van der Waals surface area contributed by atoms with Gasteiger partial charge in [0.15, 0.2) is 0 Å². The number of hydrogen-bond acceptors (Lipinski definition) is 6. The Bertz CT molecular complexity index is 1050. The highest BCUT2D eigenvalue weighted by Gasteiger charge is 2.16. The van der Waals surface area contributed by atoms with Crippen LogP contribution in [0.25, 0.3) is 22.8 Å². The summed E-state index contributed by atoms with van der Waals surface area (Å²) < 4.78 is 37.3. The van der Waals surface area contributed by atoms with E-state index in [1.54, 1.807) is 0 Å². The van der Waals surface area contributed by atoms with Crippen LogP contribution in [0.2, 0.25) is 0 Å². The van der Waals surface area contributed by atoms with Gasteiger partial charge in [0.25, 0.3) is 0 Å². The summed E-state index contributed by atoms with van der Waals surface area (Å²) >= 11 is 0. The second kappa shape index (κ2) is 6.47. The molecule has 0 aliphatic heterocycles. The number of aromatic nitrogens is 4. The van der Waals surface area contributed by atoms with E-state index in [2.05, 4.69) is 20.3 Å². The Kier molecular flexibility index (Phi) is 4.00. The third-order valence-corrected chi connectivity index (χ3v) is 3.73. The van der Waals surface area contributed by atoms with Crippen molar-refractivity contribution in [3.8, 4) is 22.8 Å². The van der Waals surface area contributed by atoms with E-state index in [0.29, 0.717) is 11.7 Å². The molecule has 130 valence electrons. The molecule has 4 rings (SSSR count). The normalized spacial score (nSPS) is 11.0. The standard InChI is InChI=1S/C18H12F2N4O2/c1-10-4-2-3-5-14(10)17-21-15(26-24-17)9-16-22-23-18(25-16)11-6-12(19)8-13(20)7-11/h2-8H,9H2,1H3. The van der Waals surface area contributed by atoms with Crippen LogP contribution in [0.3, 0.4) is 0 Å².